The Labute approximate surface area is 72.2 Å². The van der Waals surface area contributed by atoms with Crippen molar-refractivity contribution in [2.24, 2.45) is 5.29 Å². The lowest BCUT2D eigenvalue weighted by atomic mass is 10.3. The van der Waals surface area contributed by atoms with Crippen LogP contribution in [0.4, 0.5) is 5.69 Å². The molecule has 5 heteroatoms. The van der Waals surface area contributed by atoms with Crippen molar-refractivity contribution in [1.82, 2.24) is 3.74 Å². The summed E-state index contributed by atoms with van der Waals surface area (Å²) in [6.45, 7) is 0. The van der Waals surface area contributed by atoms with E-state index in [-0.39, 0.29) is 16.5 Å². The Balaban J connectivity index is 3.02. The van der Waals surface area contributed by atoms with Gasteiger partial charge >= 0.3 is 16.5 Å². The summed E-state index contributed by atoms with van der Waals surface area (Å²) >= 11 is 0.250. The molecule has 0 amide bonds. The van der Waals surface area contributed by atoms with E-state index >= 15 is 0 Å². The van der Waals surface area contributed by atoms with Crippen LogP contribution in [-0.4, -0.2) is 21.7 Å². The fourth-order valence-corrected chi connectivity index (χ4v) is 1.06. The summed E-state index contributed by atoms with van der Waals surface area (Å²) in [6, 6.07) is 8.64. The predicted octanol–water partition coefficient (Wildman–Crippen LogP) is 0.613. The lowest BCUT2D eigenvalue weighted by Crippen LogP contribution is -2.35. The number of para-hydroxylation sites is 1. The van der Waals surface area contributed by atoms with Crippen LogP contribution in [0.3, 0.4) is 0 Å². The molecule has 11 heavy (non-hydrogen) atoms. The highest BCUT2D eigenvalue weighted by atomic mass is 27.1. The van der Waals surface area contributed by atoms with E-state index < -0.39 is 3.74 Å². The smallest absolute Gasteiger partial charge is 0.228 e. The summed E-state index contributed by atoms with van der Waals surface area (Å²) in [5.41, 5.74) is 0.508. The quantitative estimate of drug-likeness (QED) is 0.398. The first-order valence-corrected chi connectivity index (χ1v) is 4.06. The summed E-state index contributed by atoms with van der Waals surface area (Å²) < 4.78 is -0.832. The zero-order valence-electron chi connectivity index (χ0n) is 6.14. The van der Waals surface area contributed by atoms with Crippen LogP contribution in [0.1, 0.15) is 0 Å². The Hall–Kier alpha value is -0.728. The number of nitrogens with zero attached hydrogens (tertiary/aromatic N) is 2. The average molecular weight is 167 g/mol. The molecule has 4 nitrogen and oxygen atoms in total. The maximum atomic E-state index is 10.1. The van der Waals surface area contributed by atoms with Gasteiger partial charge in [-0.2, -0.15) is 0 Å². The van der Waals surface area contributed by atoms with Gasteiger partial charge in [-0.1, -0.05) is 23.1 Å². The average Bonchev–Trinajstić information content (AvgIpc) is 2.06. The number of nitroso groups, excluding NO2 is 1. The molecule has 1 aromatic rings. The van der Waals surface area contributed by atoms with Gasteiger partial charge in [0.05, 0.1) is 0 Å². The summed E-state index contributed by atoms with van der Waals surface area (Å²) in [5, 5.41) is 11.9. The topological polar surface area (TPSA) is 49.7 Å². The third kappa shape index (κ3) is 1.85. The van der Waals surface area contributed by atoms with E-state index in [1.807, 2.05) is 6.07 Å². The molecular weight excluding hydrogens is 159 g/mol. The fraction of sp³-hybridized carbons (Fsp3) is 0. The molecule has 1 unspecified atom stereocenters. The van der Waals surface area contributed by atoms with Crippen molar-refractivity contribution < 1.29 is 5.21 Å². The minimum atomic E-state index is -0.832. The van der Waals surface area contributed by atoms with E-state index in [1.165, 1.54) is 0 Å². The number of hydrogen-bond acceptors (Lipinski definition) is 3. The Morgan fingerprint density at radius 1 is 1.36 bits per heavy atom. The van der Waals surface area contributed by atoms with Crippen molar-refractivity contribution in [2.45, 2.75) is 0 Å². The highest BCUT2D eigenvalue weighted by molar-refractivity contribution is 6.11. The Bertz CT molecular complexity index is 250. The molecule has 56 valence electrons. The van der Waals surface area contributed by atoms with Gasteiger partial charge in [-0.05, 0) is 0 Å². The predicted molar refractivity (Wildman–Crippen MR) is 44.4 cm³/mol. The van der Waals surface area contributed by atoms with Crippen molar-refractivity contribution in [3.05, 3.63) is 35.2 Å². The number of quaternary nitrogens is 1. The first kappa shape index (κ1) is 8.37. The molecule has 0 bridgehead atoms. The van der Waals surface area contributed by atoms with Gasteiger partial charge in [0, 0.05) is 12.1 Å². The molecule has 1 rings (SSSR count). The SMILES string of the molecule is O=N[N+](O)([AlH2])c1ccccc1. The van der Waals surface area contributed by atoms with Gasteiger partial charge in [-0.25, -0.2) is 5.21 Å². The molecule has 1 N–H and O–H groups in total. The second-order valence-corrected chi connectivity index (χ2v) is 3.58. The molecule has 0 heterocycles. The largest absolute Gasteiger partial charge is 0.679 e. The van der Waals surface area contributed by atoms with Crippen molar-refractivity contribution in [1.29, 1.82) is 0 Å². The maximum Gasteiger partial charge on any atom is 0.679 e. The van der Waals surface area contributed by atoms with Crippen LogP contribution in [0.5, 0.6) is 0 Å². The third-order valence-electron chi connectivity index (χ3n) is 1.40. The van der Waals surface area contributed by atoms with Crippen molar-refractivity contribution >= 4 is 22.2 Å². The van der Waals surface area contributed by atoms with Crippen LogP contribution >= 0.6 is 0 Å². The normalized spacial score (nSPS) is 15.4. The Kier molecular flexibility index (Phi) is 2.37. The van der Waals surface area contributed by atoms with Crippen LogP contribution in [-0.2, 0) is 0 Å². The van der Waals surface area contributed by atoms with Crippen molar-refractivity contribution in [3.8, 4) is 0 Å². The summed E-state index contributed by atoms with van der Waals surface area (Å²) in [4.78, 5) is 10.1. The second kappa shape index (κ2) is 3.12. The van der Waals surface area contributed by atoms with E-state index in [4.69, 9.17) is 0 Å². The lowest BCUT2D eigenvalue weighted by molar-refractivity contribution is 0.0125. The number of benzene rings is 1. The van der Waals surface area contributed by atoms with Gasteiger partial charge in [0.25, 0.3) is 0 Å². The first-order chi connectivity index (χ1) is 5.17. The Morgan fingerprint density at radius 3 is 2.36 bits per heavy atom. The van der Waals surface area contributed by atoms with Crippen molar-refractivity contribution in [3.63, 3.8) is 0 Å². The zero-order valence-corrected chi connectivity index (χ0v) is 8.14. The standard InChI is InChI=1S/C6H6N2O2.Al.2H/c9-7-8(10)6-4-2-1-3-5-6;;;/h1-5,10H;;;/q;+1;;. The van der Waals surface area contributed by atoms with Gasteiger partial charge in [0.1, 0.15) is 11.0 Å². The van der Waals surface area contributed by atoms with E-state index in [0.717, 1.165) is 0 Å². The number of hydrogen-bond donors (Lipinski definition) is 1. The van der Waals surface area contributed by atoms with Gasteiger partial charge < -0.3 is 0 Å². The molecule has 0 radical (unpaired) electrons. The molecular formula is C6H8AlN2O2+. The van der Waals surface area contributed by atoms with Gasteiger partial charge in [0.2, 0.25) is 0 Å². The zero-order chi connectivity index (χ0) is 8.32. The van der Waals surface area contributed by atoms with E-state index in [0.29, 0.717) is 5.69 Å². The van der Waals surface area contributed by atoms with Crippen LogP contribution in [0.15, 0.2) is 35.6 Å². The molecule has 1 aromatic carbocycles. The molecule has 0 saturated heterocycles. The highest BCUT2D eigenvalue weighted by Gasteiger charge is 2.22. The van der Waals surface area contributed by atoms with E-state index in [1.54, 1.807) is 24.3 Å². The third-order valence-corrected chi connectivity index (χ3v) is 2.08. The Morgan fingerprint density at radius 2 is 1.91 bits per heavy atom. The lowest BCUT2D eigenvalue weighted by Gasteiger charge is -2.15. The molecule has 0 saturated carbocycles. The van der Waals surface area contributed by atoms with Crippen molar-refractivity contribution in [2.75, 3.05) is 0 Å². The van der Waals surface area contributed by atoms with Crippen LogP contribution in [0, 0.1) is 4.91 Å². The molecule has 0 aliphatic rings. The summed E-state index contributed by atoms with van der Waals surface area (Å²) in [5.74, 6) is 0. The van der Waals surface area contributed by atoms with Crippen LogP contribution in [0.2, 0.25) is 0 Å². The first-order valence-electron chi connectivity index (χ1n) is 3.16. The highest BCUT2D eigenvalue weighted by Crippen LogP contribution is 2.16. The minimum Gasteiger partial charge on any atom is -0.228 e. The molecule has 1 atom stereocenters. The molecule has 0 aliphatic heterocycles. The van der Waals surface area contributed by atoms with E-state index in [9.17, 15) is 10.1 Å². The maximum absolute atomic E-state index is 10.1. The van der Waals surface area contributed by atoms with Gasteiger partial charge in [-0.15, -0.1) is 3.74 Å². The monoisotopic (exact) mass is 167 g/mol. The molecule has 0 aromatic heterocycles. The fourth-order valence-electron chi connectivity index (χ4n) is 0.758. The van der Waals surface area contributed by atoms with E-state index in [2.05, 4.69) is 5.29 Å². The summed E-state index contributed by atoms with van der Waals surface area (Å²) in [6.07, 6.45) is 0. The molecule has 0 fully saturated rings. The minimum absolute atomic E-state index is 0.250. The van der Waals surface area contributed by atoms with Gasteiger partial charge in [-0.3, -0.25) is 0 Å². The van der Waals surface area contributed by atoms with Crippen LogP contribution in [0.25, 0.3) is 0 Å². The van der Waals surface area contributed by atoms with Crippen LogP contribution < -0.4 is 3.74 Å². The molecule has 0 aliphatic carbocycles. The molecule has 0 spiro atoms. The second-order valence-electron chi connectivity index (χ2n) is 2.33. The summed E-state index contributed by atoms with van der Waals surface area (Å²) in [7, 11) is 0. The number of rotatable bonds is 2. The van der Waals surface area contributed by atoms with Gasteiger partial charge in [0.15, 0.2) is 0 Å².